The van der Waals surface area contributed by atoms with Crippen molar-refractivity contribution in [3.63, 3.8) is 0 Å². The molecule has 20 heavy (non-hydrogen) atoms. The zero-order valence-electron chi connectivity index (χ0n) is 11.0. The number of amidine groups is 1. The van der Waals surface area contributed by atoms with Gasteiger partial charge in [-0.2, -0.15) is 0 Å². The first-order chi connectivity index (χ1) is 9.72. The van der Waals surface area contributed by atoms with Gasteiger partial charge in [-0.1, -0.05) is 48.5 Å². The lowest BCUT2D eigenvalue weighted by molar-refractivity contribution is 1.39. The number of rotatable bonds is 3. The van der Waals surface area contributed by atoms with Crippen LogP contribution >= 0.6 is 0 Å². The van der Waals surface area contributed by atoms with Crippen molar-refractivity contribution in [2.75, 3.05) is 0 Å². The van der Waals surface area contributed by atoms with Gasteiger partial charge in [-0.3, -0.25) is 0 Å². The summed E-state index contributed by atoms with van der Waals surface area (Å²) in [6.45, 7) is 1.70. The van der Waals surface area contributed by atoms with Gasteiger partial charge in [-0.05, 0) is 23.6 Å². The molecule has 2 rings (SSSR count). The molecule has 2 aromatic rings. The Kier molecular flexibility index (Phi) is 4.27. The molecule has 5 heteroatoms. The second kappa shape index (κ2) is 6.31. The average Bonchev–Trinajstić information content (AvgIpc) is 2.48. The molecule has 1 N–H and O–H groups in total. The fourth-order valence-electron chi connectivity index (χ4n) is 1.78. The molecule has 0 spiro atoms. The molecule has 0 aliphatic carbocycles. The van der Waals surface area contributed by atoms with Crippen LogP contribution in [0.15, 0.2) is 64.7 Å². The first-order valence-corrected chi connectivity index (χ1v) is 6.06. The second-order valence-electron chi connectivity index (χ2n) is 4.13. The number of para-hydroxylation sites is 1. The molecule has 98 valence electrons. The van der Waals surface area contributed by atoms with Crippen LogP contribution in [-0.2, 0) is 0 Å². The highest BCUT2D eigenvalue weighted by Gasteiger charge is 2.05. The SMILES string of the molecule is CC(=N)c1ccccc1/N=C(\N=[N+]=[N-])c1ccccc1. The van der Waals surface area contributed by atoms with Gasteiger partial charge in [0, 0.05) is 21.8 Å². The molecule has 0 atom stereocenters. The lowest BCUT2D eigenvalue weighted by Gasteiger charge is -2.05. The van der Waals surface area contributed by atoms with E-state index in [-0.39, 0.29) is 0 Å². The molecule has 0 bridgehead atoms. The number of benzene rings is 2. The summed E-state index contributed by atoms with van der Waals surface area (Å²) in [5.74, 6) is 0.293. The fourth-order valence-corrected chi connectivity index (χ4v) is 1.78. The van der Waals surface area contributed by atoms with Gasteiger partial charge < -0.3 is 5.41 Å². The van der Waals surface area contributed by atoms with Crippen LogP contribution in [0.2, 0.25) is 0 Å². The number of nitrogens with zero attached hydrogens (tertiary/aromatic N) is 4. The third-order valence-corrected chi connectivity index (χ3v) is 2.71. The monoisotopic (exact) mass is 263 g/mol. The molecule has 5 nitrogen and oxygen atoms in total. The average molecular weight is 263 g/mol. The molecule has 0 amide bonds. The van der Waals surface area contributed by atoms with E-state index in [1.165, 1.54) is 0 Å². The predicted octanol–water partition coefficient (Wildman–Crippen LogP) is 4.46. The molecule has 0 radical (unpaired) electrons. The van der Waals surface area contributed by atoms with Crippen molar-refractivity contribution in [2.45, 2.75) is 6.92 Å². The first kappa shape index (κ1) is 13.5. The minimum Gasteiger partial charge on any atom is -0.305 e. The zero-order valence-corrected chi connectivity index (χ0v) is 11.0. The summed E-state index contributed by atoms with van der Waals surface area (Å²) in [6.07, 6.45) is 0. The van der Waals surface area contributed by atoms with Crippen LogP contribution in [0, 0.1) is 5.41 Å². The summed E-state index contributed by atoms with van der Waals surface area (Å²) in [4.78, 5) is 7.22. The molecule has 0 fully saturated rings. The largest absolute Gasteiger partial charge is 0.305 e. The van der Waals surface area contributed by atoms with E-state index in [0.29, 0.717) is 22.8 Å². The Hall–Kier alpha value is -2.91. The molecule has 2 aromatic carbocycles. The van der Waals surface area contributed by atoms with E-state index in [2.05, 4.69) is 15.0 Å². The molecule has 0 heterocycles. The molecule has 0 aliphatic rings. The second-order valence-corrected chi connectivity index (χ2v) is 4.13. The smallest absolute Gasteiger partial charge is 0.134 e. The lowest BCUT2D eigenvalue weighted by Crippen LogP contribution is -1.97. The van der Waals surface area contributed by atoms with Crippen LogP contribution in [0.5, 0.6) is 0 Å². The Morgan fingerprint density at radius 2 is 1.70 bits per heavy atom. The van der Waals surface area contributed by atoms with E-state index in [0.717, 1.165) is 5.56 Å². The topological polar surface area (TPSA) is 85.0 Å². The Balaban J connectivity index is 2.56. The highest BCUT2D eigenvalue weighted by molar-refractivity contribution is 6.05. The fraction of sp³-hybridized carbons (Fsp3) is 0.0667. The van der Waals surface area contributed by atoms with Crippen LogP contribution in [0.3, 0.4) is 0 Å². The number of aliphatic imine (C=N–C) groups is 1. The Morgan fingerprint density at radius 1 is 1.05 bits per heavy atom. The van der Waals surface area contributed by atoms with Crippen molar-refractivity contribution < 1.29 is 0 Å². The third kappa shape index (κ3) is 3.10. The maximum absolute atomic E-state index is 8.69. The predicted molar refractivity (Wildman–Crippen MR) is 80.7 cm³/mol. The van der Waals surface area contributed by atoms with E-state index in [4.69, 9.17) is 10.9 Å². The summed E-state index contributed by atoms with van der Waals surface area (Å²) >= 11 is 0. The number of nitrogens with one attached hydrogen (secondary N) is 1. The maximum Gasteiger partial charge on any atom is 0.134 e. The lowest BCUT2D eigenvalue weighted by atomic mass is 10.1. The highest BCUT2D eigenvalue weighted by atomic mass is 15.2. The van der Waals surface area contributed by atoms with Gasteiger partial charge in [-0.25, -0.2) is 4.99 Å². The van der Waals surface area contributed by atoms with Crippen LogP contribution in [0.1, 0.15) is 18.1 Å². The molecule has 0 aromatic heterocycles. The molecule has 0 unspecified atom stereocenters. The van der Waals surface area contributed by atoms with Crippen molar-refractivity contribution in [1.29, 1.82) is 5.41 Å². The number of hydrogen-bond acceptors (Lipinski definition) is 2. The Bertz CT molecular complexity index is 697. The van der Waals surface area contributed by atoms with Crippen LogP contribution in [0.25, 0.3) is 10.4 Å². The van der Waals surface area contributed by atoms with E-state index < -0.39 is 0 Å². The highest BCUT2D eigenvalue weighted by Crippen LogP contribution is 2.21. The molecule has 0 aliphatic heterocycles. The minimum absolute atomic E-state index is 0.293. The van der Waals surface area contributed by atoms with Gasteiger partial charge in [0.2, 0.25) is 0 Å². The molecule has 0 saturated carbocycles. The van der Waals surface area contributed by atoms with Gasteiger partial charge in [-0.15, -0.1) is 0 Å². The van der Waals surface area contributed by atoms with Gasteiger partial charge >= 0.3 is 0 Å². The van der Waals surface area contributed by atoms with E-state index in [9.17, 15) is 0 Å². The normalized spacial score (nSPS) is 10.8. The van der Waals surface area contributed by atoms with Gasteiger partial charge in [0.1, 0.15) is 5.84 Å². The Labute approximate surface area is 116 Å². The molecular formula is C15H13N5. The summed E-state index contributed by atoms with van der Waals surface area (Å²) in [7, 11) is 0. The summed E-state index contributed by atoms with van der Waals surface area (Å²) in [5.41, 5.74) is 11.2. The summed E-state index contributed by atoms with van der Waals surface area (Å²) in [5, 5.41) is 11.4. The first-order valence-electron chi connectivity index (χ1n) is 6.06. The summed E-state index contributed by atoms with van der Waals surface area (Å²) < 4.78 is 0. The maximum atomic E-state index is 8.69. The van der Waals surface area contributed by atoms with Crippen molar-refractivity contribution in [3.8, 4) is 0 Å². The Morgan fingerprint density at radius 3 is 2.35 bits per heavy atom. The van der Waals surface area contributed by atoms with Crippen molar-refractivity contribution in [3.05, 3.63) is 76.2 Å². The van der Waals surface area contributed by atoms with Crippen molar-refractivity contribution in [2.24, 2.45) is 10.1 Å². The third-order valence-electron chi connectivity index (χ3n) is 2.71. The minimum atomic E-state index is 0.293. The quantitative estimate of drug-likeness (QED) is 0.278. The van der Waals surface area contributed by atoms with Crippen LogP contribution in [-0.4, -0.2) is 11.5 Å². The van der Waals surface area contributed by atoms with E-state index in [1.54, 1.807) is 13.0 Å². The standard InChI is InChI=1S/C15H13N5/c1-11(16)13-9-5-6-10-14(13)18-15(19-20-17)12-7-3-2-4-8-12/h2-10,16H,1H3/b16-11?,18-15-. The summed E-state index contributed by atoms with van der Waals surface area (Å²) in [6, 6.07) is 16.5. The zero-order chi connectivity index (χ0) is 14.4. The molecule has 0 saturated heterocycles. The van der Waals surface area contributed by atoms with Gasteiger partial charge in [0.15, 0.2) is 0 Å². The number of azide groups is 1. The van der Waals surface area contributed by atoms with Gasteiger partial charge in [0.25, 0.3) is 0 Å². The molecular weight excluding hydrogens is 250 g/mol. The van der Waals surface area contributed by atoms with E-state index in [1.807, 2.05) is 48.5 Å². The number of hydrogen-bond donors (Lipinski definition) is 1. The van der Waals surface area contributed by atoms with E-state index >= 15 is 0 Å². The van der Waals surface area contributed by atoms with Crippen molar-refractivity contribution >= 4 is 17.2 Å². The van der Waals surface area contributed by atoms with Gasteiger partial charge in [0.05, 0.1) is 5.69 Å². The van der Waals surface area contributed by atoms with Crippen LogP contribution < -0.4 is 0 Å². The van der Waals surface area contributed by atoms with Crippen LogP contribution in [0.4, 0.5) is 5.69 Å². The van der Waals surface area contributed by atoms with Crippen molar-refractivity contribution in [1.82, 2.24) is 0 Å².